The lowest BCUT2D eigenvalue weighted by atomic mass is 9.98. The maximum absolute atomic E-state index is 13.2. The van der Waals surface area contributed by atoms with Gasteiger partial charge in [0.1, 0.15) is 5.56 Å². The third-order valence-corrected chi connectivity index (χ3v) is 6.03. The van der Waals surface area contributed by atoms with E-state index in [-0.39, 0.29) is 28.9 Å². The normalized spacial score (nSPS) is 15.4. The largest absolute Gasteiger partial charge is 0.343 e. The number of aromatic nitrogens is 1. The summed E-state index contributed by atoms with van der Waals surface area (Å²) in [5, 5.41) is 3.61. The van der Waals surface area contributed by atoms with E-state index in [9.17, 15) is 9.59 Å². The van der Waals surface area contributed by atoms with Crippen molar-refractivity contribution < 1.29 is 4.79 Å². The Hall–Kier alpha value is -2.40. The summed E-state index contributed by atoms with van der Waals surface area (Å²) in [5.74, 6) is -0.0865. The zero-order valence-electron chi connectivity index (χ0n) is 16.5. The molecule has 0 saturated carbocycles. The number of para-hydroxylation sites is 1. The van der Waals surface area contributed by atoms with Crippen molar-refractivity contribution >= 4 is 38.4 Å². The number of halogens is 1. The first-order valence-corrected chi connectivity index (χ1v) is 10.4. The monoisotopic (exact) mass is 438 g/mol. The number of carbonyl (C=O) groups is 1. The summed E-state index contributed by atoms with van der Waals surface area (Å²) in [7, 11) is 0. The molecule has 3 aromatic rings. The number of carbonyl (C=O) groups excluding carboxylic acids is 1. The molecule has 0 saturated heterocycles. The summed E-state index contributed by atoms with van der Waals surface area (Å²) in [6.07, 6.45) is 2.58. The van der Waals surface area contributed by atoms with Crippen molar-refractivity contribution in [3.8, 4) is 0 Å². The van der Waals surface area contributed by atoms with E-state index in [0.29, 0.717) is 5.39 Å². The number of hydrogen-bond acceptors (Lipinski definition) is 2. The van der Waals surface area contributed by atoms with Crippen LogP contribution in [0, 0.1) is 6.92 Å². The van der Waals surface area contributed by atoms with Gasteiger partial charge in [-0.05, 0) is 55.0 Å². The predicted molar refractivity (Wildman–Crippen MR) is 118 cm³/mol. The van der Waals surface area contributed by atoms with Crippen LogP contribution in [0.25, 0.3) is 10.9 Å². The third-order valence-electron chi connectivity index (χ3n) is 5.57. The van der Waals surface area contributed by atoms with Gasteiger partial charge in [0, 0.05) is 27.8 Å². The van der Waals surface area contributed by atoms with Crippen molar-refractivity contribution in [2.24, 2.45) is 0 Å². The first-order chi connectivity index (χ1) is 13.3. The summed E-state index contributed by atoms with van der Waals surface area (Å²) >= 11 is 3.50. The van der Waals surface area contributed by atoms with Crippen LogP contribution in [-0.4, -0.2) is 10.5 Å². The van der Waals surface area contributed by atoms with Gasteiger partial charge >= 0.3 is 0 Å². The lowest BCUT2D eigenvalue weighted by Gasteiger charge is -2.17. The highest BCUT2D eigenvalue weighted by molar-refractivity contribution is 9.10. The summed E-state index contributed by atoms with van der Waals surface area (Å²) in [6, 6.07) is 10.1. The van der Waals surface area contributed by atoms with Crippen molar-refractivity contribution in [2.75, 3.05) is 5.32 Å². The van der Waals surface area contributed by atoms with E-state index < -0.39 is 0 Å². The van der Waals surface area contributed by atoms with Crippen LogP contribution in [0.3, 0.4) is 0 Å². The van der Waals surface area contributed by atoms with E-state index in [2.05, 4.69) is 52.7 Å². The fourth-order valence-electron chi connectivity index (χ4n) is 4.15. The summed E-state index contributed by atoms with van der Waals surface area (Å²) in [4.78, 5) is 26.3. The van der Waals surface area contributed by atoms with Crippen molar-refractivity contribution in [3.63, 3.8) is 0 Å². The molecule has 0 fully saturated rings. The maximum Gasteiger partial charge on any atom is 0.261 e. The van der Waals surface area contributed by atoms with Crippen molar-refractivity contribution in [1.82, 2.24) is 4.57 Å². The van der Waals surface area contributed by atoms with Gasteiger partial charge in [-0.25, -0.2) is 0 Å². The Kier molecular flexibility index (Phi) is 4.66. The molecule has 0 bridgehead atoms. The van der Waals surface area contributed by atoms with Gasteiger partial charge in [-0.3, -0.25) is 9.59 Å². The number of pyridine rings is 1. The van der Waals surface area contributed by atoms with Crippen LogP contribution in [0.15, 0.2) is 45.8 Å². The lowest BCUT2D eigenvalue weighted by molar-refractivity contribution is 0.102. The average Bonchev–Trinajstić information content (AvgIpc) is 2.94. The summed E-state index contributed by atoms with van der Waals surface area (Å²) in [6.45, 7) is 8.27. The Morgan fingerprint density at radius 3 is 2.75 bits per heavy atom. The molecule has 4 nitrogen and oxygen atoms in total. The molecule has 1 aromatic heterocycles. The number of anilines is 1. The molecule has 1 atom stereocenters. The van der Waals surface area contributed by atoms with Crippen molar-refractivity contribution in [3.05, 3.63) is 73.5 Å². The van der Waals surface area contributed by atoms with E-state index in [0.717, 1.165) is 38.8 Å². The molecule has 5 heteroatoms. The van der Waals surface area contributed by atoms with Gasteiger partial charge < -0.3 is 9.88 Å². The van der Waals surface area contributed by atoms with Crippen LogP contribution in [0.4, 0.5) is 5.69 Å². The smallest absolute Gasteiger partial charge is 0.261 e. The minimum atomic E-state index is -0.354. The fraction of sp³-hybridized carbons (Fsp3) is 0.304. The molecular weight excluding hydrogens is 416 g/mol. The molecule has 28 heavy (non-hydrogen) atoms. The Balaban J connectivity index is 1.85. The Labute approximate surface area is 172 Å². The van der Waals surface area contributed by atoms with E-state index in [1.54, 1.807) is 6.20 Å². The van der Waals surface area contributed by atoms with Crippen LogP contribution in [0.2, 0.25) is 0 Å². The van der Waals surface area contributed by atoms with Gasteiger partial charge in [-0.15, -0.1) is 0 Å². The SMILES string of the molecule is Cc1cccc(C(C)C)c1NC(=O)c1cn2c3c(cc(Br)cc3c1=O)C[C@@H]2C. The zero-order chi connectivity index (χ0) is 20.2. The first kappa shape index (κ1) is 18.9. The second kappa shape index (κ2) is 6.89. The Morgan fingerprint density at radius 2 is 2.04 bits per heavy atom. The van der Waals surface area contributed by atoms with Gasteiger partial charge in [-0.1, -0.05) is 48.0 Å². The van der Waals surface area contributed by atoms with Gasteiger partial charge in [0.15, 0.2) is 0 Å². The van der Waals surface area contributed by atoms with Gasteiger partial charge in [-0.2, -0.15) is 0 Å². The molecule has 1 aliphatic heterocycles. The zero-order valence-corrected chi connectivity index (χ0v) is 18.1. The minimum absolute atomic E-state index is 0.184. The highest BCUT2D eigenvalue weighted by atomic mass is 79.9. The Morgan fingerprint density at radius 1 is 1.29 bits per heavy atom. The molecule has 2 heterocycles. The van der Waals surface area contributed by atoms with Crippen LogP contribution in [0.5, 0.6) is 0 Å². The fourth-order valence-corrected chi connectivity index (χ4v) is 4.65. The van der Waals surface area contributed by atoms with Crippen molar-refractivity contribution in [1.29, 1.82) is 0 Å². The topological polar surface area (TPSA) is 51.1 Å². The predicted octanol–water partition coefficient (Wildman–Crippen LogP) is 5.57. The van der Waals surface area contributed by atoms with Crippen LogP contribution in [0.1, 0.15) is 59.8 Å². The van der Waals surface area contributed by atoms with E-state index in [1.165, 1.54) is 0 Å². The Bertz CT molecular complexity index is 1180. The molecule has 0 aliphatic carbocycles. The minimum Gasteiger partial charge on any atom is -0.343 e. The molecule has 2 aromatic carbocycles. The van der Waals surface area contributed by atoms with Crippen LogP contribution >= 0.6 is 15.9 Å². The quantitative estimate of drug-likeness (QED) is 0.581. The second-order valence-electron chi connectivity index (χ2n) is 7.94. The number of amides is 1. The standard InChI is InChI=1S/C23H23BrN2O2/c1-12(2)17-7-5-6-13(3)20(17)25-23(28)19-11-26-14(4)8-15-9-16(24)10-18(21(15)26)22(19)27/h5-7,9-12,14H,8H2,1-4H3,(H,25,28)/t14-/m0/s1. The number of hydrogen-bond donors (Lipinski definition) is 1. The van der Waals surface area contributed by atoms with Gasteiger partial charge in [0.2, 0.25) is 5.43 Å². The van der Waals surface area contributed by atoms with E-state index >= 15 is 0 Å². The van der Waals surface area contributed by atoms with Crippen LogP contribution < -0.4 is 10.7 Å². The highest BCUT2D eigenvalue weighted by Crippen LogP contribution is 2.34. The molecule has 1 amide bonds. The van der Waals surface area contributed by atoms with E-state index in [4.69, 9.17) is 0 Å². The highest BCUT2D eigenvalue weighted by Gasteiger charge is 2.25. The number of benzene rings is 2. The average molecular weight is 439 g/mol. The molecule has 1 aliphatic rings. The number of rotatable bonds is 3. The van der Waals surface area contributed by atoms with Crippen LogP contribution in [-0.2, 0) is 6.42 Å². The molecule has 0 spiro atoms. The molecule has 1 N–H and O–H groups in total. The number of aryl methyl sites for hydroxylation is 1. The molecule has 144 valence electrons. The number of nitrogens with zero attached hydrogens (tertiary/aromatic N) is 1. The summed E-state index contributed by atoms with van der Waals surface area (Å²) < 4.78 is 2.93. The molecule has 0 unspecified atom stereocenters. The van der Waals surface area contributed by atoms with E-state index in [1.807, 2.05) is 31.2 Å². The molecule has 0 radical (unpaired) electrons. The molecular formula is C23H23BrN2O2. The third kappa shape index (κ3) is 2.98. The van der Waals surface area contributed by atoms with Gasteiger partial charge in [0.05, 0.1) is 5.52 Å². The maximum atomic E-state index is 13.2. The summed E-state index contributed by atoms with van der Waals surface area (Å²) in [5.41, 5.74) is 4.90. The number of nitrogens with one attached hydrogen (secondary N) is 1. The second-order valence-corrected chi connectivity index (χ2v) is 8.86. The van der Waals surface area contributed by atoms with Gasteiger partial charge in [0.25, 0.3) is 5.91 Å². The van der Waals surface area contributed by atoms with Crippen molar-refractivity contribution in [2.45, 2.75) is 46.1 Å². The lowest BCUT2D eigenvalue weighted by Crippen LogP contribution is -2.24. The first-order valence-electron chi connectivity index (χ1n) is 9.56. The molecule has 4 rings (SSSR count).